The summed E-state index contributed by atoms with van der Waals surface area (Å²) in [4.78, 5) is 12.4. The van der Waals surface area contributed by atoms with Crippen LogP contribution < -0.4 is 10.1 Å². The summed E-state index contributed by atoms with van der Waals surface area (Å²) in [7, 11) is 0. The van der Waals surface area contributed by atoms with Gasteiger partial charge in [0.1, 0.15) is 12.4 Å². The third kappa shape index (κ3) is 4.98. The van der Waals surface area contributed by atoms with Gasteiger partial charge >= 0.3 is 0 Å². The van der Waals surface area contributed by atoms with Crippen LogP contribution in [-0.4, -0.2) is 15.7 Å². The van der Waals surface area contributed by atoms with Crippen molar-refractivity contribution in [1.82, 2.24) is 15.1 Å². The van der Waals surface area contributed by atoms with Crippen molar-refractivity contribution in [2.75, 3.05) is 0 Å². The molecule has 0 saturated heterocycles. The Balaban J connectivity index is 1.56. The van der Waals surface area contributed by atoms with E-state index in [2.05, 4.69) is 10.4 Å². The average Bonchev–Trinajstić information content (AvgIpc) is 3.08. The van der Waals surface area contributed by atoms with Gasteiger partial charge in [0.15, 0.2) is 0 Å². The Kier molecular flexibility index (Phi) is 6.60. The lowest BCUT2D eigenvalue weighted by Crippen LogP contribution is -2.23. The second kappa shape index (κ2) is 9.14. The van der Waals surface area contributed by atoms with Gasteiger partial charge in [0.25, 0.3) is 5.91 Å². The van der Waals surface area contributed by atoms with Crippen molar-refractivity contribution in [3.8, 4) is 5.75 Å². The molecule has 0 saturated carbocycles. The van der Waals surface area contributed by atoms with E-state index >= 15 is 0 Å². The summed E-state index contributed by atoms with van der Waals surface area (Å²) in [6.45, 7) is 9.69. The number of aryl methyl sites for hydroxylation is 3. The second-order valence-corrected chi connectivity index (χ2v) is 7.49. The fourth-order valence-corrected chi connectivity index (χ4v) is 3.27. The Morgan fingerprint density at radius 1 is 1.14 bits per heavy atom. The first-order valence-electron chi connectivity index (χ1n) is 9.67. The van der Waals surface area contributed by atoms with E-state index in [1.165, 1.54) is 0 Å². The van der Waals surface area contributed by atoms with Crippen molar-refractivity contribution in [2.24, 2.45) is 0 Å². The summed E-state index contributed by atoms with van der Waals surface area (Å²) in [6.07, 6.45) is 1.81. The molecular weight excluding hydrogens is 386 g/mol. The van der Waals surface area contributed by atoms with Crippen molar-refractivity contribution in [3.05, 3.63) is 81.1 Å². The standard InChI is InChI=1S/C23H26ClN3O2/c1-5-27-17(4)20(13-26-27)12-25-23(28)19-8-6-18(7-9-19)14-29-21-10-15(2)22(24)16(3)11-21/h6-11,13H,5,12,14H2,1-4H3,(H,25,28). The van der Waals surface area contributed by atoms with Crippen LogP contribution in [0.3, 0.4) is 0 Å². The molecule has 1 heterocycles. The quantitative estimate of drug-likeness (QED) is 0.595. The highest BCUT2D eigenvalue weighted by molar-refractivity contribution is 6.32. The van der Waals surface area contributed by atoms with Gasteiger partial charge in [-0.3, -0.25) is 9.48 Å². The van der Waals surface area contributed by atoms with E-state index in [4.69, 9.17) is 16.3 Å². The number of aromatic nitrogens is 2. The summed E-state index contributed by atoms with van der Waals surface area (Å²) in [5, 5.41) is 8.02. The van der Waals surface area contributed by atoms with Crippen LogP contribution in [0.4, 0.5) is 0 Å². The molecule has 3 aromatic rings. The fraction of sp³-hybridized carbons (Fsp3) is 0.304. The van der Waals surface area contributed by atoms with Crippen LogP contribution in [-0.2, 0) is 19.7 Å². The van der Waals surface area contributed by atoms with Crippen LogP contribution in [0, 0.1) is 20.8 Å². The molecule has 1 aromatic heterocycles. The molecule has 1 N–H and O–H groups in total. The Morgan fingerprint density at radius 3 is 2.38 bits per heavy atom. The highest BCUT2D eigenvalue weighted by atomic mass is 35.5. The van der Waals surface area contributed by atoms with Crippen molar-refractivity contribution < 1.29 is 9.53 Å². The molecule has 0 fully saturated rings. The first-order chi connectivity index (χ1) is 13.9. The lowest BCUT2D eigenvalue weighted by Gasteiger charge is -2.11. The van der Waals surface area contributed by atoms with Crippen LogP contribution in [0.1, 0.15) is 45.2 Å². The first-order valence-corrected chi connectivity index (χ1v) is 10.0. The average molecular weight is 412 g/mol. The Bertz CT molecular complexity index is 986. The number of nitrogens with zero attached hydrogens (tertiary/aromatic N) is 2. The SMILES string of the molecule is CCn1ncc(CNC(=O)c2ccc(COc3cc(C)c(Cl)c(C)c3)cc2)c1C. The molecule has 3 rings (SSSR count). The largest absolute Gasteiger partial charge is 0.489 e. The van der Waals surface area contributed by atoms with E-state index < -0.39 is 0 Å². The summed E-state index contributed by atoms with van der Waals surface area (Å²) in [6, 6.07) is 11.3. The molecule has 6 heteroatoms. The number of hydrogen-bond donors (Lipinski definition) is 1. The maximum absolute atomic E-state index is 12.4. The predicted octanol–water partition coefficient (Wildman–Crippen LogP) is 4.99. The smallest absolute Gasteiger partial charge is 0.251 e. The van der Waals surface area contributed by atoms with Crippen molar-refractivity contribution in [1.29, 1.82) is 0 Å². The predicted molar refractivity (Wildman–Crippen MR) is 116 cm³/mol. The molecule has 0 aliphatic rings. The number of amides is 1. The molecule has 0 aliphatic carbocycles. The number of carbonyl (C=O) groups excluding carboxylic acids is 1. The van der Waals surface area contributed by atoms with E-state index in [0.29, 0.717) is 18.7 Å². The van der Waals surface area contributed by atoms with E-state index in [1.54, 1.807) is 6.20 Å². The topological polar surface area (TPSA) is 56.2 Å². The molecule has 0 spiro atoms. The number of benzene rings is 2. The molecule has 0 aliphatic heterocycles. The summed E-state index contributed by atoms with van der Waals surface area (Å²) in [5.41, 5.74) is 5.70. The zero-order chi connectivity index (χ0) is 21.0. The van der Waals surface area contributed by atoms with Crippen LogP contribution in [0.15, 0.2) is 42.6 Å². The van der Waals surface area contributed by atoms with Crippen molar-refractivity contribution in [2.45, 2.75) is 47.4 Å². The minimum atomic E-state index is -0.106. The number of halogens is 1. The maximum atomic E-state index is 12.4. The van der Waals surface area contributed by atoms with E-state index in [-0.39, 0.29) is 5.91 Å². The Hall–Kier alpha value is -2.79. The lowest BCUT2D eigenvalue weighted by molar-refractivity contribution is 0.0951. The molecule has 1 amide bonds. The minimum absolute atomic E-state index is 0.106. The molecular formula is C23H26ClN3O2. The molecule has 0 radical (unpaired) electrons. The lowest BCUT2D eigenvalue weighted by atomic mass is 10.1. The number of hydrogen-bond acceptors (Lipinski definition) is 3. The second-order valence-electron chi connectivity index (χ2n) is 7.11. The fourth-order valence-electron chi connectivity index (χ4n) is 3.16. The number of carbonyl (C=O) groups is 1. The van der Waals surface area contributed by atoms with Gasteiger partial charge in [0, 0.05) is 34.9 Å². The number of rotatable bonds is 7. The molecule has 0 atom stereocenters. The van der Waals surface area contributed by atoms with Gasteiger partial charge in [-0.15, -0.1) is 0 Å². The van der Waals surface area contributed by atoms with Gasteiger partial charge in [-0.1, -0.05) is 23.7 Å². The monoisotopic (exact) mass is 411 g/mol. The van der Waals surface area contributed by atoms with E-state index in [9.17, 15) is 4.79 Å². The van der Waals surface area contributed by atoms with Crippen LogP contribution in [0.5, 0.6) is 5.75 Å². The van der Waals surface area contributed by atoms with Crippen molar-refractivity contribution >= 4 is 17.5 Å². The highest BCUT2D eigenvalue weighted by Crippen LogP contribution is 2.26. The Labute approximate surface area is 176 Å². The normalized spacial score (nSPS) is 10.8. The van der Waals surface area contributed by atoms with Gasteiger partial charge < -0.3 is 10.1 Å². The Morgan fingerprint density at radius 2 is 1.79 bits per heavy atom. The van der Waals surface area contributed by atoms with Gasteiger partial charge in [-0.2, -0.15) is 5.10 Å². The number of nitrogens with one attached hydrogen (secondary N) is 1. The molecule has 0 unspecified atom stereocenters. The van der Waals surface area contributed by atoms with Gasteiger partial charge in [0.2, 0.25) is 0 Å². The van der Waals surface area contributed by atoms with Crippen LogP contribution >= 0.6 is 11.6 Å². The number of ether oxygens (including phenoxy) is 1. The summed E-state index contributed by atoms with van der Waals surface area (Å²) < 4.78 is 7.79. The third-order valence-electron chi connectivity index (χ3n) is 4.98. The van der Waals surface area contributed by atoms with Gasteiger partial charge in [-0.25, -0.2) is 0 Å². The molecule has 2 aromatic carbocycles. The third-order valence-corrected chi connectivity index (χ3v) is 5.57. The van der Waals surface area contributed by atoms with Crippen LogP contribution in [0.25, 0.3) is 0 Å². The maximum Gasteiger partial charge on any atom is 0.251 e. The van der Waals surface area contributed by atoms with Gasteiger partial charge in [-0.05, 0) is 68.7 Å². The van der Waals surface area contributed by atoms with Crippen LogP contribution in [0.2, 0.25) is 5.02 Å². The summed E-state index contributed by atoms with van der Waals surface area (Å²) in [5.74, 6) is 0.680. The zero-order valence-electron chi connectivity index (χ0n) is 17.3. The highest BCUT2D eigenvalue weighted by Gasteiger charge is 2.09. The van der Waals surface area contributed by atoms with Crippen molar-refractivity contribution in [3.63, 3.8) is 0 Å². The molecule has 29 heavy (non-hydrogen) atoms. The molecule has 152 valence electrons. The molecule has 0 bridgehead atoms. The van der Waals surface area contributed by atoms with Gasteiger partial charge in [0.05, 0.1) is 6.20 Å². The van der Waals surface area contributed by atoms with E-state index in [0.717, 1.165) is 45.3 Å². The zero-order valence-corrected chi connectivity index (χ0v) is 18.0. The minimum Gasteiger partial charge on any atom is -0.489 e. The first kappa shape index (κ1) is 20.9. The van der Waals surface area contributed by atoms with E-state index in [1.807, 2.05) is 68.8 Å². The molecule has 5 nitrogen and oxygen atoms in total. The summed E-state index contributed by atoms with van der Waals surface area (Å²) >= 11 is 6.20.